The first-order valence-corrected chi connectivity index (χ1v) is 9.35. The van der Waals surface area contributed by atoms with Gasteiger partial charge in [-0.1, -0.05) is 19.1 Å². The zero-order valence-corrected chi connectivity index (χ0v) is 14.0. The van der Waals surface area contributed by atoms with Crippen molar-refractivity contribution in [2.75, 3.05) is 11.1 Å². The summed E-state index contributed by atoms with van der Waals surface area (Å²) in [4.78, 5) is 23.5. The zero-order valence-electron chi connectivity index (χ0n) is 12.4. The van der Waals surface area contributed by atoms with Crippen LogP contribution in [0.25, 0.3) is 0 Å². The Balaban J connectivity index is 2.06. The quantitative estimate of drug-likeness (QED) is 0.827. The molecule has 2 amide bonds. The van der Waals surface area contributed by atoms with E-state index in [4.69, 9.17) is 5.73 Å². The van der Waals surface area contributed by atoms with E-state index in [1.807, 2.05) is 0 Å². The highest BCUT2D eigenvalue weighted by Crippen LogP contribution is 2.23. The smallest absolute Gasteiger partial charge is 0.251 e. The molecule has 2 aromatic rings. The van der Waals surface area contributed by atoms with Gasteiger partial charge in [0.05, 0.1) is 22.6 Å². The number of amides is 2. The number of thiophene rings is 1. The molecule has 0 saturated heterocycles. The molecule has 0 saturated carbocycles. The lowest BCUT2D eigenvalue weighted by atomic mass is 10.1. The largest absolute Gasteiger partial charge is 0.366 e. The number of nitrogens with two attached hydrogens (primary N) is 1. The van der Waals surface area contributed by atoms with E-state index in [0.717, 1.165) is 0 Å². The molecule has 0 aliphatic rings. The monoisotopic (exact) mass is 352 g/mol. The van der Waals surface area contributed by atoms with Gasteiger partial charge in [-0.25, -0.2) is 8.42 Å². The molecule has 2 rings (SSSR count). The summed E-state index contributed by atoms with van der Waals surface area (Å²) in [5.74, 6) is -0.877. The fraction of sp³-hybridized carbons (Fsp3) is 0.200. The van der Waals surface area contributed by atoms with Crippen LogP contribution in [0.4, 0.5) is 5.00 Å². The molecule has 0 fully saturated rings. The Hall–Kier alpha value is -2.19. The first kappa shape index (κ1) is 17.2. The number of primary amides is 1. The summed E-state index contributed by atoms with van der Waals surface area (Å²) >= 11 is 1.21. The molecule has 0 atom stereocenters. The highest BCUT2D eigenvalue weighted by Gasteiger charge is 2.14. The zero-order chi connectivity index (χ0) is 17.0. The minimum Gasteiger partial charge on any atom is -0.366 e. The molecule has 0 spiro atoms. The maximum Gasteiger partial charge on any atom is 0.251 e. The van der Waals surface area contributed by atoms with Crippen LogP contribution in [-0.2, 0) is 21.1 Å². The first-order valence-electron chi connectivity index (χ1n) is 6.82. The summed E-state index contributed by atoms with van der Waals surface area (Å²) in [7, 11) is -3.25. The van der Waals surface area contributed by atoms with Crippen molar-refractivity contribution in [1.29, 1.82) is 0 Å². The number of hydrogen-bond acceptors (Lipinski definition) is 5. The molecular weight excluding hydrogens is 336 g/mol. The molecule has 3 N–H and O–H groups in total. The molecule has 23 heavy (non-hydrogen) atoms. The highest BCUT2D eigenvalue weighted by atomic mass is 32.2. The number of nitrogens with one attached hydrogen (secondary N) is 1. The van der Waals surface area contributed by atoms with Crippen LogP contribution in [0.15, 0.2) is 40.6 Å². The Morgan fingerprint density at radius 3 is 2.39 bits per heavy atom. The molecule has 8 heteroatoms. The van der Waals surface area contributed by atoms with Crippen molar-refractivity contribution in [3.8, 4) is 0 Å². The summed E-state index contributed by atoms with van der Waals surface area (Å²) in [6.07, 6.45) is 0.0720. The fourth-order valence-corrected chi connectivity index (χ4v) is 3.63. The molecule has 0 radical (unpaired) electrons. The van der Waals surface area contributed by atoms with Crippen LogP contribution >= 0.6 is 11.3 Å². The summed E-state index contributed by atoms with van der Waals surface area (Å²) in [6, 6.07) is 7.73. The second kappa shape index (κ2) is 6.93. The van der Waals surface area contributed by atoms with E-state index in [1.54, 1.807) is 30.5 Å². The van der Waals surface area contributed by atoms with E-state index < -0.39 is 15.7 Å². The molecule has 6 nitrogen and oxygen atoms in total. The topological polar surface area (TPSA) is 106 Å². The second-order valence-corrected chi connectivity index (χ2v) is 7.99. The highest BCUT2D eigenvalue weighted by molar-refractivity contribution is 7.91. The van der Waals surface area contributed by atoms with E-state index in [0.29, 0.717) is 10.6 Å². The molecule has 1 heterocycles. The molecule has 1 aromatic carbocycles. The van der Waals surface area contributed by atoms with Crippen molar-refractivity contribution >= 4 is 38.0 Å². The summed E-state index contributed by atoms with van der Waals surface area (Å²) in [5.41, 5.74) is 6.16. The van der Waals surface area contributed by atoms with Crippen molar-refractivity contribution in [2.45, 2.75) is 18.2 Å². The molecule has 0 aliphatic carbocycles. The lowest BCUT2D eigenvalue weighted by Crippen LogP contribution is -2.17. The van der Waals surface area contributed by atoms with Gasteiger partial charge < -0.3 is 11.1 Å². The van der Waals surface area contributed by atoms with Gasteiger partial charge in [0.25, 0.3) is 5.91 Å². The Bertz CT molecular complexity index is 823. The van der Waals surface area contributed by atoms with Gasteiger partial charge in [-0.15, -0.1) is 11.3 Å². The van der Waals surface area contributed by atoms with Gasteiger partial charge in [-0.05, 0) is 29.1 Å². The third kappa shape index (κ3) is 4.17. The molecule has 1 aromatic heterocycles. The number of sulfone groups is 1. The number of rotatable bonds is 6. The van der Waals surface area contributed by atoms with E-state index in [2.05, 4.69) is 5.32 Å². The van der Waals surface area contributed by atoms with Gasteiger partial charge in [0.1, 0.15) is 5.00 Å². The third-order valence-corrected chi connectivity index (χ3v) is 5.79. The fourth-order valence-electron chi connectivity index (χ4n) is 1.94. The van der Waals surface area contributed by atoms with Crippen LogP contribution in [0, 0.1) is 0 Å². The standard InChI is InChI=1S/C15H16N2O4S2/c1-2-23(20,21)11-5-3-10(4-6-11)9-13(18)17-15-12(14(16)19)7-8-22-15/h3-8H,2,9H2,1H3,(H2,16,19)(H,17,18). The minimum atomic E-state index is -3.25. The van der Waals surface area contributed by atoms with Gasteiger partial charge in [0.2, 0.25) is 5.91 Å². The van der Waals surface area contributed by atoms with Crippen LogP contribution in [-0.4, -0.2) is 26.0 Å². The Morgan fingerprint density at radius 1 is 1.17 bits per heavy atom. The van der Waals surface area contributed by atoms with E-state index in [1.165, 1.54) is 23.5 Å². The van der Waals surface area contributed by atoms with Gasteiger partial charge in [-0.2, -0.15) is 0 Å². The van der Waals surface area contributed by atoms with Crippen molar-refractivity contribution < 1.29 is 18.0 Å². The van der Waals surface area contributed by atoms with Crippen molar-refractivity contribution in [2.24, 2.45) is 5.73 Å². The maximum atomic E-state index is 12.0. The van der Waals surface area contributed by atoms with Crippen LogP contribution in [0.5, 0.6) is 0 Å². The van der Waals surface area contributed by atoms with Crippen molar-refractivity contribution in [3.63, 3.8) is 0 Å². The normalized spacial score (nSPS) is 11.2. The van der Waals surface area contributed by atoms with E-state index >= 15 is 0 Å². The Kier molecular flexibility index (Phi) is 5.17. The van der Waals surface area contributed by atoms with Gasteiger partial charge >= 0.3 is 0 Å². The summed E-state index contributed by atoms with van der Waals surface area (Å²) in [6.45, 7) is 1.58. The Morgan fingerprint density at radius 2 is 1.83 bits per heavy atom. The lowest BCUT2D eigenvalue weighted by molar-refractivity contribution is -0.115. The molecule has 0 bridgehead atoms. The molecule has 0 unspecified atom stereocenters. The Labute approximate surface area is 138 Å². The maximum absolute atomic E-state index is 12.0. The number of hydrogen-bond donors (Lipinski definition) is 2. The SMILES string of the molecule is CCS(=O)(=O)c1ccc(CC(=O)Nc2sccc2C(N)=O)cc1. The minimum absolute atomic E-state index is 0.0289. The van der Waals surface area contributed by atoms with Gasteiger partial charge in [-0.3, -0.25) is 9.59 Å². The van der Waals surface area contributed by atoms with Crippen LogP contribution in [0.3, 0.4) is 0 Å². The van der Waals surface area contributed by atoms with Crippen molar-refractivity contribution in [3.05, 3.63) is 46.8 Å². The van der Waals surface area contributed by atoms with Gasteiger partial charge in [0.15, 0.2) is 9.84 Å². The average molecular weight is 352 g/mol. The first-order chi connectivity index (χ1) is 10.8. The summed E-state index contributed by atoms with van der Waals surface area (Å²) < 4.78 is 23.5. The van der Waals surface area contributed by atoms with Crippen LogP contribution in [0.2, 0.25) is 0 Å². The van der Waals surface area contributed by atoms with Crippen LogP contribution < -0.4 is 11.1 Å². The van der Waals surface area contributed by atoms with E-state index in [9.17, 15) is 18.0 Å². The van der Waals surface area contributed by atoms with Crippen LogP contribution in [0.1, 0.15) is 22.8 Å². The average Bonchev–Trinajstić information content (AvgIpc) is 2.96. The number of carbonyl (C=O) groups is 2. The predicted molar refractivity (Wildman–Crippen MR) is 89.3 cm³/mol. The number of anilines is 1. The number of carbonyl (C=O) groups excluding carboxylic acids is 2. The predicted octanol–water partition coefficient (Wildman–Crippen LogP) is 1.82. The number of benzene rings is 1. The molecular formula is C15H16N2O4S2. The van der Waals surface area contributed by atoms with Crippen molar-refractivity contribution in [1.82, 2.24) is 0 Å². The second-order valence-electron chi connectivity index (χ2n) is 4.80. The van der Waals surface area contributed by atoms with Gasteiger partial charge in [0, 0.05) is 0 Å². The lowest BCUT2D eigenvalue weighted by Gasteiger charge is -2.06. The molecule has 122 valence electrons. The van der Waals surface area contributed by atoms with E-state index in [-0.39, 0.29) is 28.5 Å². The summed E-state index contributed by atoms with van der Waals surface area (Å²) in [5, 5.41) is 4.71. The third-order valence-electron chi connectivity index (χ3n) is 3.21. The molecule has 0 aliphatic heterocycles.